The summed E-state index contributed by atoms with van der Waals surface area (Å²) < 4.78 is 5.23. The minimum atomic E-state index is -0.187. The van der Waals surface area contributed by atoms with Gasteiger partial charge in [0.05, 0.1) is 12.8 Å². The molecule has 1 saturated heterocycles. The smallest absolute Gasteiger partial charge is 0.266 e. The van der Waals surface area contributed by atoms with Gasteiger partial charge in [-0.2, -0.15) is 5.10 Å². The fraction of sp³-hybridized carbons (Fsp3) is 0.238. The number of aromatic nitrogens is 2. The maximum atomic E-state index is 11.9. The van der Waals surface area contributed by atoms with Crippen LogP contribution in [0.25, 0.3) is 11.3 Å². The van der Waals surface area contributed by atoms with E-state index >= 15 is 0 Å². The van der Waals surface area contributed by atoms with Gasteiger partial charge in [0.25, 0.3) is 5.56 Å². The summed E-state index contributed by atoms with van der Waals surface area (Å²) in [5, 5.41) is 6.89. The van der Waals surface area contributed by atoms with Crippen LogP contribution in [0.2, 0.25) is 0 Å². The van der Waals surface area contributed by atoms with Crippen molar-refractivity contribution in [3.05, 3.63) is 71.0 Å². The number of nitrogens with one attached hydrogen (secondary N) is 1. The van der Waals surface area contributed by atoms with Crippen LogP contribution in [0, 0.1) is 0 Å². The Labute approximate surface area is 158 Å². The van der Waals surface area contributed by atoms with Gasteiger partial charge in [-0.15, -0.1) is 0 Å². The van der Waals surface area contributed by atoms with Crippen molar-refractivity contribution in [2.24, 2.45) is 0 Å². The number of H-pyrrole nitrogens is 1. The van der Waals surface area contributed by atoms with Gasteiger partial charge in [-0.05, 0) is 36.4 Å². The van der Waals surface area contributed by atoms with Crippen molar-refractivity contribution in [1.82, 2.24) is 10.2 Å². The third kappa shape index (κ3) is 3.65. The first-order valence-corrected chi connectivity index (χ1v) is 9.04. The van der Waals surface area contributed by atoms with Crippen LogP contribution in [0.4, 0.5) is 11.4 Å². The van der Waals surface area contributed by atoms with Crippen LogP contribution in [-0.4, -0.2) is 43.5 Å². The summed E-state index contributed by atoms with van der Waals surface area (Å²) in [6, 6.07) is 19.8. The van der Waals surface area contributed by atoms with Crippen molar-refractivity contribution in [2.75, 3.05) is 43.1 Å². The Morgan fingerprint density at radius 1 is 0.926 bits per heavy atom. The summed E-state index contributed by atoms with van der Waals surface area (Å²) >= 11 is 0. The SMILES string of the molecule is COc1ccc(-c2n[nH]c(=O)cc2N2CCN(c3ccccc3)CC2)cc1. The first-order valence-electron chi connectivity index (χ1n) is 9.04. The van der Waals surface area contributed by atoms with Gasteiger partial charge in [0.1, 0.15) is 11.4 Å². The zero-order valence-corrected chi connectivity index (χ0v) is 15.3. The average Bonchev–Trinajstić information content (AvgIpc) is 2.74. The van der Waals surface area contributed by atoms with Crippen LogP contribution in [0.15, 0.2) is 65.5 Å². The summed E-state index contributed by atoms with van der Waals surface area (Å²) in [4.78, 5) is 16.5. The summed E-state index contributed by atoms with van der Waals surface area (Å²) in [5.74, 6) is 0.793. The molecule has 0 spiro atoms. The maximum absolute atomic E-state index is 11.9. The highest BCUT2D eigenvalue weighted by Gasteiger charge is 2.21. The molecule has 0 atom stereocenters. The van der Waals surface area contributed by atoms with Crippen molar-refractivity contribution >= 4 is 11.4 Å². The fourth-order valence-electron chi connectivity index (χ4n) is 3.44. The fourth-order valence-corrected chi connectivity index (χ4v) is 3.44. The normalized spacial score (nSPS) is 14.3. The van der Waals surface area contributed by atoms with Crippen LogP contribution < -0.4 is 20.1 Å². The summed E-state index contributed by atoms with van der Waals surface area (Å²) in [6.45, 7) is 3.48. The molecule has 1 N–H and O–H groups in total. The molecule has 2 aromatic carbocycles. The Kier molecular flexibility index (Phi) is 4.78. The van der Waals surface area contributed by atoms with Gasteiger partial charge in [0.2, 0.25) is 0 Å². The summed E-state index contributed by atoms with van der Waals surface area (Å²) in [6.07, 6.45) is 0. The topological polar surface area (TPSA) is 61.5 Å². The van der Waals surface area contributed by atoms with Crippen LogP contribution in [0.5, 0.6) is 5.75 Å². The molecule has 0 saturated carbocycles. The number of rotatable bonds is 4. The number of anilines is 2. The second kappa shape index (κ2) is 7.53. The van der Waals surface area contributed by atoms with E-state index in [-0.39, 0.29) is 5.56 Å². The Hall–Kier alpha value is -3.28. The zero-order valence-electron chi connectivity index (χ0n) is 15.3. The van der Waals surface area contributed by atoms with Crippen molar-refractivity contribution in [3.63, 3.8) is 0 Å². The van der Waals surface area contributed by atoms with Gasteiger partial charge in [-0.3, -0.25) is 4.79 Å². The van der Waals surface area contributed by atoms with Crippen molar-refractivity contribution in [2.45, 2.75) is 0 Å². The highest BCUT2D eigenvalue weighted by atomic mass is 16.5. The number of ether oxygens (including phenoxy) is 1. The number of aromatic amines is 1. The number of nitrogens with zero attached hydrogens (tertiary/aromatic N) is 3. The summed E-state index contributed by atoms with van der Waals surface area (Å²) in [7, 11) is 1.64. The zero-order chi connectivity index (χ0) is 18.6. The van der Waals surface area contributed by atoms with Crippen LogP contribution in [-0.2, 0) is 0 Å². The molecule has 0 amide bonds. The van der Waals surface area contributed by atoms with Crippen LogP contribution >= 0.6 is 0 Å². The highest BCUT2D eigenvalue weighted by Crippen LogP contribution is 2.29. The molecule has 1 aliphatic rings. The van der Waals surface area contributed by atoms with E-state index in [9.17, 15) is 4.79 Å². The van der Waals surface area contributed by atoms with Crippen molar-refractivity contribution in [3.8, 4) is 17.0 Å². The third-order valence-electron chi connectivity index (χ3n) is 4.89. The van der Waals surface area contributed by atoms with E-state index in [0.717, 1.165) is 48.9 Å². The minimum absolute atomic E-state index is 0.187. The number of piperazine rings is 1. The maximum Gasteiger partial charge on any atom is 0.266 e. The molecule has 1 aliphatic heterocycles. The van der Waals surface area contributed by atoms with Crippen molar-refractivity contribution in [1.29, 1.82) is 0 Å². The number of hydrogen-bond donors (Lipinski definition) is 1. The van der Waals surface area contributed by atoms with Gasteiger partial charge >= 0.3 is 0 Å². The molecule has 0 radical (unpaired) electrons. The molecule has 1 aromatic heterocycles. The molecule has 0 unspecified atom stereocenters. The van der Waals surface area contributed by atoms with E-state index in [4.69, 9.17) is 4.74 Å². The molecule has 3 aromatic rings. The summed E-state index contributed by atoms with van der Waals surface area (Å²) in [5.41, 5.74) is 3.65. The van der Waals surface area contributed by atoms with Crippen LogP contribution in [0.1, 0.15) is 0 Å². The number of benzene rings is 2. The molecule has 27 heavy (non-hydrogen) atoms. The number of methoxy groups -OCH3 is 1. The predicted octanol–water partition coefficient (Wildman–Crippen LogP) is 2.77. The Morgan fingerprint density at radius 2 is 1.59 bits per heavy atom. The van der Waals surface area contributed by atoms with Crippen molar-refractivity contribution < 1.29 is 4.74 Å². The minimum Gasteiger partial charge on any atom is -0.497 e. The van der Waals surface area contributed by atoms with Gasteiger partial charge < -0.3 is 14.5 Å². The van der Waals surface area contributed by atoms with E-state index in [1.54, 1.807) is 13.2 Å². The second-order valence-electron chi connectivity index (χ2n) is 6.50. The highest BCUT2D eigenvalue weighted by molar-refractivity contribution is 5.75. The van der Waals surface area contributed by atoms with Gasteiger partial charge in [-0.25, -0.2) is 5.10 Å². The molecule has 6 nitrogen and oxygen atoms in total. The first-order chi connectivity index (χ1) is 13.2. The van der Waals surface area contributed by atoms with Gasteiger partial charge in [0, 0.05) is 43.5 Å². The van der Waals surface area contributed by atoms with E-state index < -0.39 is 0 Å². The van der Waals surface area contributed by atoms with E-state index in [0.29, 0.717) is 0 Å². The number of para-hydroxylation sites is 1. The third-order valence-corrected chi connectivity index (χ3v) is 4.89. The number of hydrogen-bond acceptors (Lipinski definition) is 5. The predicted molar refractivity (Wildman–Crippen MR) is 108 cm³/mol. The molecule has 0 bridgehead atoms. The molecule has 138 valence electrons. The van der Waals surface area contributed by atoms with Gasteiger partial charge in [0.15, 0.2) is 0 Å². The lowest BCUT2D eigenvalue weighted by Crippen LogP contribution is -2.47. The van der Waals surface area contributed by atoms with E-state index in [2.05, 4.69) is 44.3 Å². The lowest BCUT2D eigenvalue weighted by atomic mass is 10.1. The quantitative estimate of drug-likeness (QED) is 0.773. The molecule has 2 heterocycles. The molecular formula is C21H22N4O2. The van der Waals surface area contributed by atoms with E-state index in [1.807, 2.05) is 30.3 Å². The molecule has 6 heteroatoms. The molecule has 0 aliphatic carbocycles. The first kappa shape index (κ1) is 17.1. The molecule has 1 fully saturated rings. The lowest BCUT2D eigenvalue weighted by molar-refractivity contribution is 0.415. The average molecular weight is 362 g/mol. The van der Waals surface area contributed by atoms with Crippen LogP contribution in [0.3, 0.4) is 0 Å². The monoisotopic (exact) mass is 362 g/mol. The van der Waals surface area contributed by atoms with E-state index in [1.165, 1.54) is 5.69 Å². The molecular weight excluding hydrogens is 340 g/mol. The standard InChI is InChI=1S/C21H22N4O2/c1-27-18-9-7-16(8-10-18)21-19(15-20(26)22-23-21)25-13-11-24(12-14-25)17-5-3-2-4-6-17/h2-10,15H,11-14H2,1H3,(H,22,26). The Morgan fingerprint density at radius 3 is 2.26 bits per heavy atom. The Bertz CT molecular complexity index is 946. The largest absolute Gasteiger partial charge is 0.497 e. The molecule has 4 rings (SSSR count). The van der Waals surface area contributed by atoms with Gasteiger partial charge in [-0.1, -0.05) is 18.2 Å². The Balaban J connectivity index is 1.58. The lowest BCUT2D eigenvalue weighted by Gasteiger charge is -2.37. The second-order valence-corrected chi connectivity index (χ2v) is 6.50.